The molecule has 1 unspecified atom stereocenters. The Morgan fingerprint density at radius 2 is 2.08 bits per heavy atom. The molecule has 7 nitrogen and oxygen atoms in total. The highest BCUT2D eigenvalue weighted by Crippen LogP contribution is 2.28. The minimum absolute atomic E-state index is 0.100. The summed E-state index contributed by atoms with van der Waals surface area (Å²) in [6.45, 7) is 2.44. The van der Waals surface area contributed by atoms with Crippen molar-refractivity contribution >= 4 is 28.9 Å². The summed E-state index contributed by atoms with van der Waals surface area (Å²) in [5.41, 5.74) is 1.32. The molecular weight excluding hydrogens is 358 g/mol. The maximum Gasteiger partial charge on any atom is 0.282 e. The van der Waals surface area contributed by atoms with Crippen LogP contribution < -0.4 is 15.0 Å². The largest absolute Gasteiger partial charge is 0.494 e. The maximum absolute atomic E-state index is 12.6. The molecule has 1 amide bonds. The van der Waals surface area contributed by atoms with Crippen LogP contribution >= 0.6 is 11.6 Å². The summed E-state index contributed by atoms with van der Waals surface area (Å²) in [4.78, 5) is 23.9. The van der Waals surface area contributed by atoms with Crippen LogP contribution in [-0.2, 0) is 11.3 Å². The number of carbonyl (C=O) groups is 1. The second-order valence-corrected chi connectivity index (χ2v) is 6.44. The molecular formula is C18H21ClN3O4+. The number of anilines is 1. The number of hydrogen-bond donors (Lipinski definition) is 2. The number of quaternary nitrogens is 1. The van der Waals surface area contributed by atoms with Gasteiger partial charge in [0.15, 0.2) is 6.04 Å². The van der Waals surface area contributed by atoms with Crippen molar-refractivity contribution in [3.05, 3.63) is 63.2 Å². The van der Waals surface area contributed by atoms with E-state index in [1.54, 1.807) is 6.07 Å². The van der Waals surface area contributed by atoms with Gasteiger partial charge >= 0.3 is 0 Å². The predicted molar refractivity (Wildman–Crippen MR) is 99.8 cm³/mol. The number of nitro groups is 1. The molecule has 0 fully saturated rings. The van der Waals surface area contributed by atoms with Crippen LogP contribution in [0.2, 0.25) is 5.02 Å². The first kappa shape index (κ1) is 19.7. The summed E-state index contributed by atoms with van der Waals surface area (Å²) in [5, 5.41) is 14.3. The zero-order valence-corrected chi connectivity index (χ0v) is 15.5. The fraction of sp³-hybridized carbons (Fsp3) is 0.278. The number of hydrogen-bond acceptors (Lipinski definition) is 4. The number of ether oxygens (including phenoxy) is 1. The number of likely N-dealkylation sites (N-methyl/N-ethyl adjacent to an activating group) is 1. The van der Waals surface area contributed by atoms with Gasteiger partial charge in [-0.25, -0.2) is 0 Å². The molecule has 26 heavy (non-hydrogen) atoms. The number of nitrogens with zero attached hydrogens (tertiary/aromatic N) is 1. The molecule has 2 aromatic rings. The highest BCUT2D eigenvalue weighted by atomic mass is 35.5. The van der Waals surface area contributed by atoms with Crippen LogP contribution in [0.1, 0.15) is 12.5 Å². The molecule has 8 heteroatoms. The van der Waals surface area contributed by atoms with Gasteiger partial charge in [-0.15, -0.1) is 0 Å². The number of amides is 1. The number of methoxy groups -OCH3 is 1. The summed E-state index contributed by atoms with van der Waals surface area (Å²) in [7, 11) is 3.31. The first-order chi connectivity index (χ1) is 12.3. The fourth-order valence-electron chi connectivity index (χ4n) is 2.48. The van der Waals surface area contributed by atoms with Gasteiger partial charge in [0.2, 0.25) is 0 Å². The Balaban J connectivity index is 2.07. The number of nitrogens with one attached hydrogen (secondary N) is 2. The third-order valence-corrected chi connectivity index (χ3v) is 4.39. The molecule has 0 heterocycles. The molecule has 0 bridgehead atoms. The van der Waals surface area contributed by atoms with Crippen molar-refractivity contribution in [2.45, 2.75) is 19.5 Å². The van der Waals surface area contributed by atoms with Crippen LogP contribution in [0.4, 0.5) is 11.4 Å². The third kappa shape index (κ3) is 4.93. The molecule has 2 N–H and O–H groups in total. The minimum atomic E-state index is -0.514. The van der Waals surface area contributed by atoms with E-state index >= 15 is 0 Å². The molecule has 0 aliphatic rings. The van der Waals surface area contributed by atoms with E-state index < -0.39 is 4.92 Å². The number of halogens is 1. The lowest BCUT2D eigenvalue weighted by Gasteiger charge is -2.21. The molecule has 0 spiro atoms. The summed E-state index contributed by atoms with van der Waals surface area (Å²) in [6, 6.07) is 11.2. The van der Waals surface area contributed by atoms with Gasteiger partial charge in [0.05, 0.1) is 30.8 Å². The van der Waals surface area contributed by atoms with E-state index in [2.05, 4.69) is 5.32 Å². The quantitative estimate of drug-likeness (QED) is 0.571. The second-order valence-electron chi connectivity index (χ2n) is 6.01. The van der Waals surface area contributed by atoms with Crippen LogP contribution in [0, 0.1) is 10.1 Å². The van der Waals surface area contributed by atoms with E-state index in [0.29, 0.717) is 17.3 Å². The van der Waals surface area contributed by atoms with E-state index in [0.717, 1.165) is 10.5 Å². The van der Waals surface area contributed by atoms with Crippen molar-refractivity contribution in [2.24, 2.45) is 0 Å². The van der Waals surface area contributed by atoms with Gasteiger partial charge in [-0.1, -0.05) is 23.7 Å². The van der Waals surface area contributed by atoms with Crippen LogP contribution in [0.3, 0.4) is 0 Å². The Hall–Kier alpha value is -2.64. The van der Waals surface area contributed by atoms with E-state index in [9.17, 15) is 14.9 Å². The van der Waals surface area contributed by atoms with E-state index in [1.165, 1.54) is 25.3 Å². The van der Waals surface area contributed by atoms with Crippen molar-refractivity contribution in [3.63, 3.8) is 0 Å². The Morgan fingerprint density at radius 3 is 2.69 bits per heavy atom. The van der Waals surface area contributed by atoms with Crippen molar-refractivity contribution in [1.82, 2.24) is 0 Å². The average Bonchev–Trinajstić information content (AvgIpc) is 2.61. The third-order valence-electron chi connectivity index (χ3n) is 4.16. The Morgan fingerprint density at radius 1 is 1.35 bits per heavy atom. The average molecular weight is 379 g/mol. The van der Waals surface area contributed by atoms with Gasteiger partial charge in [0.25, 0.3) is 11.6 Å². The summed E-state index contributed by atoms with van der Waals surface area (Å²) >= 11 is 6.00. The molecule has 0 saturated heterocycles. The summed E-state index contributed by atoms with van der Waals surface area (Å²) in [5.74, 6) is 0.0314. The van der Waals surface area contributed by atoms with E-state index in [-0.39, 0.29) is 23.4 Å². The number of carbonyl (C=O) groups excluding carboxylic acids is 1. The van der Waals surface area contributed by atoms with E-state index in [1.807, 2.05) is 32.2 Å². The molecule has 0 aromatic heterocycles. The van der Waals surface area contributed by atoms with Gasteiger partial charge in [-0.05, 0) is 25.1 Å². The Kier molecular flexibility index (Phi) is 6.54. The smallest absolute Gasteiger partial charge is 0.282 e. The fourth-order valence-corrected chi connectivity index (χ4v) is 2.70. The molecule has 0 saturated carbocycles. The first-order valence-corrected chi connectivity index (χ1v) is 8.39. The number of non-ortho nitro benzene ring substituents is 1. The summed E-state index contributed by atoms with van der Waals surface area (Å²) in [6.07, 6.45) is 0. The molecule has 2 atom stereocenters. The highest BCUT2D eigenvalue weighted by Gasteiger charge is 2.23. The predicted octanol–water partition coefficient (Wildman–Crippen LogP) is 2.30. The topological polar surface area (TPSA) is 85.9 Å². The lowest BCUT2D eigenvalue weighted by atomic mass is 10.2. The van der Waals surface area contributed by atoms with Crippen LogP contribution in [-0.4, -0.2) is 31.0 Å². The van der Waals surface area contributed by atoms with Crippen molar-refractivity contribution in [2.75, 3.05) is 19.5 Å². The van der Waals surface area contributed by atoms with Crippen LogP contribution in [0.15, 0.2) is 42.5 Å². The van der Waals surface area contributed by atoms with Gasteiger partial charge < -0.3 is 15.0 Å². The number of rotatable bonds is 7. The van der Waals surface area contributed by atoms with E-state index in [4.69, 9.17) is 16.3 Å². The SMILES string of the molecule is COc1cc([N+](=O)[O-])ccc1NC(=O)[C@H](C)[NH+](C)Cc1cccc(Cl)c1. The van der Waals surface area contributed by atoms with Gasteiger partial charge in [0.1, 0.15) is 12.3 Å². The maximum atomic E-state index is 12.6. The molecule has 2 rings (SSSR count). The minimum Gasteiger partial charge on any atom is -0.494 e. The molecule has 138 valence electrons. The van der Waals surface area contributed by atoms with Gasteiger partial charge in [0, 0.05) is 16.7 Å². The monoisotopic (exact) mass is 378 g/mol. The van der Waals surface area contributed by atoms with Crippen LogP contribution in [0.5, 0.6) is 5.75 Å². The number of nitro benzene ring substituents is 1. The highest BCUT2D eigenvalue weighted by molar-refractivity contribution is 6.30. The lowest BCUT2D eigenvalue weighted by Crippen LogP contribution is -3.12. The second kappa shape index (κ2) is 8.64. The number of benzene rings is 2. The standard InChI is InChI=1S/C18H20ClN3O4/c1-12(21(2)11-13-5-4-6-14(19)9-13)18(23)20-16-8-7-15(22(24)25)10-17(16)26-3/h4-10,12H,11H2,1-3H3,(H,20,23)/p+1/t12-/m0/s1. The van der Waals surface area contributed by atoms with Gasteiger partial charge in [-0.2, -0.15) is 0 Å². The zero-order valence-electron chi connectivity index (χ0n) is 14.8. The van der Waals surface area contributed by atoms with Gasteiger partial charge in [-0.3, -0.25) is 14.9 Å². The first-order valence-electron chi connectivity index (χ1n) is 8.02. The molecule has 2 aromatic carbocycles. The van der Waals surface area contributed by atoms with Crippen LogP contribution in [0.25, 0.3) is 0 Å². The molecule has 0 radical (unpaired) electrons. The Bertz CT molecular complexity index is 813. The van der Waals surface area contributed by atoms with Crippen molar-refractivity contribution < 1.29 is 19.4 Å². The lowest BCUT2D eigenvalue weighted by molar-refractivity contribution is -0.907. The molecule has 0 aliphatic heterocycles. The Labute approximate surface area is 156 Å². The summed E-state index contributed by atoms with van der Waals surface area (Å²) < 4.78 is 5.15. The normalized spacial score (nSPS) is 12.9. The molecule has 0 aliphatic carbocycles. The van der Waals surface area contributed by atoms with Crippen molar-refractivity contribution in [1.29, 1.82) is 0 Å². The van der Waals surface area contributed by atoms with Crippen molar-refractivity contribution in [3.8, 4) is 5.75 Å². The zero-order chi connectivity index (χ0) is 19.3.